The molecule has 0 saturated carbocycles. The fourth-order valence-corrected chi connectivity index (χ4v) is 3.99. The predicted octanol–water partition coefficient (Wildman–Crippen LogP) is 5.15. The molecule has 0 fully saturated rings. The molecule has 0 spiro atoms. The number of hydrogen-bond donors (Lipinski definition) is 0. The van der Waals surface area contributed by atoms with E-state index in [0.717, 1.165) is 0 Å². The van der Waals surface area contributed by atoms with E-state index in [1.54, 1.807) is 91.0 Å². The second kappa shape index (κ2) is 8.20. The van der Waals surface area contributed by atoms with Crippen LogP contribution < -0.4 is 0 Å². The molecule has 1 aliphatic rings. The first-order valence-electron chi connectivity index (χ1n) is 10.4. The monoisotopic (exact) mass is 434 g/mol. The predicted molar refractivity (Wildman–Crippen MR) is 121 cm³/mol. The lowest BCUT2D eigenvalue weighted by molar-refractivity contribution is -0.137. The Morgan fingerprint density at radius 2 is 1.24 bits per heavy atom. The van der Waals surface area contributed by atoms with Gasteiger partial charge in [0.05, 0.1) is 16.7 Å². The lowest BCUT2D eigenvalue weighted by atomic mass is 9.95. The number of esters is 2. The van der Waals surface area contributed by atoms with Gasteiger partial charge in [0.2, 0.25) is 0 Å². The Balaban J connectivity index is 1.59. The van der Waals surface area contributed by atoms with E-state index in [2.05, 4.69) is 0 Å². The molecular formula is C28H18O5. The highest BCUT2D eigenvalue weighted by atomic mass is 16.7. The molecule has 1 unspecified atom stereocenters. The van der Waals surface area contributed by atoms with Crippen LogP contribution in [0.25, 0.3) is 0 Å². The van der Waals surface area contributed by atoms with E-state index < -0.39 is 17.7 Å². The van der Waals surface area contributed by atoms with Gasteiger partial charge in [0.15, 0.2) is 5.78 Å². The number of carbonyl (C=O) groups is 3. The molecule has 1 aliphatic heterocycles. The minimum Gasteiger partial charge on any atom is -0.410 e. The third-order valence-electron chi connectivity index (χ3n) is 5.56. The fraction of sp³-hybridized carbons (Fsp3) is 0.0357. The topological polar surface area (TPSA) is 69.7 Å². The molecule has 0 aromatic heterocycles. The normalized spacial score (nSPS) is 16.5. The summed E-state index contributed by atoms with van der Waals surface area (Å²) in [5.41, 5.74) is 1.98. The second-order valence-electron chi connectivity index (χ2n) is 7.55. The van der Waals surface area contributed by atoms with Crippen molar-refractivity contribution >= 4 is 17.7 Å². The maximum atomic E-state index is 13.5. The van der Waals surface area contributed by atoms with Crippen molar-refractivity contribution in [3.63, 3.8) is 0 Å². The zero-order valence-electron chi connectivity index (χ0n) is 17.4. The third kappa shape index (κ3) is 3.49. The molecule has 0 bridgehead atoms. The molecule has 0 amide bonds. The Kier molecular flexibility index (Phi) is 5.07. The molecule has 0 N–H and O–H groups in total. The average molecular weight is 434 g/mol. The zero-order valence-corrected chi connectivity index (χ0v) is 17.4. The minimum atomic E-state index is -1.76. The SMILES string of the molecule is O=C(OC1(c2ccccc2)OC(=O)c2ccccc21)c1ccccc1C(=O)c1ccccc1. The van der Waals surface area contributed by atoms with Gasteiger partial charge in [-0.1, -0.05) is 91.0 Å². The lowest BCUT2D eigenvalue weighted by Gasteiger charge is -2.29. The number of cyclic esters (lactones) is 1. The summed E-state index contributed by atoms with van der Waals surface area (Å²) in [5, 5.41) is 0. The summed E-state index contributed by atoms with van der Waals surface area (Å²) in [6.07, 6.45) is 0. The van der Waals surface area contributed by atoms with Crippen LogP contribution in [-0.2, 0) is 15.3 Å². The molecule has 1 atom stereocenters. The fourth-order valence-electron chi connectivity index (χ4n) is 3.99. The van der Waals surface area contributed by atoms with Gasteiger partial charge in [-0.2, -0.15) is 0 Å². The van der Waals surface area contributed by atoms with Gasteiger partial charge in [-0.25, -0.2) is 9.59 Å². The summed E-state index contributed by atoms with van der Waals surface area (Å²) in [7, 11) is 0. The van der Waals surface area contributed by atoms with E-state index in [1.165, 1.54) is 6.07 Å². The number of ketones is 1. The van der Waals surface area contributed by atoms with Crippen LogP contribution in [0.1, 0.15) is 47.8 Å². The third-order valence-corrected chi connectivity index (χ3v) is 5.56. The maximum Gasteiger partial charge on any atom is 0.342 e. The number of rotatable bonds is 5. The van der Waals surface area contributed by atoms with Crippen LogP contribution in [0.3, 0.4) is 0 Å². The second-order valence-corrected chi connectivity index (χ2v) is 7.55. The van der Waals surface area contributed by atoms with E-state index in [-0.39, 0.29) is 16.9 Å². The molecule has 160 valence electrons. The van der Waals surface area contributed by atoms with Crippen LogP contribution in [0, 0.1) is 0 Å². The van der Waals surface area contributed by atoms with Crippen LogP contribution in [0.4, 0.5) is 0 Å². The van der Waals surface area contributed by atoms with E-state index >= 15 is 0 Å². The number of ether oxygens (including phenoxy) is 2. The Bertz CT molecular complexity index is 1360. The van der Waals surface area contributed by atoms with Crippen molar-refractivity contribution in [2.24, 2.45) is 0 Å². The summed E-state index contributed by atoms with van der Waals surface area (Å²) in [6.45, 7) is 0. The minimum absolute atomic E-state index is 0.0853. The molecule has 0 aliphatic carbocycles. The molecule has 4 aromatic rings. The average Bonchev–Trinajstić information content (AvgIpc) is 3.17. The van der Waals surface area contributed by atoms with E-state index in [0.29, 0.717) is 22.3 Å². The van der Waals surface area contributed by atoms with Crippen molar-refractivity contribution in [3.8, 4) is 0 Å². The molecule has 1 heterocycles. The number of fused-ring (bicyclic) bond motifs is 1. The van der Waals surface area contributed by atoms with Gasteiger partial charge in [-0.05, 0) is 18.2 Å². The summed E-state index contributed by atoms with van der Waals surface area (Å²) in [4.78, 5) is 39.3. The highest BCUT2D eigenvalue weighted by molar-refractivity contribution is 6.14. The molecule has 0 radical (unpaired) electrons. The maximum absolute atomic E-state index is 13.5. The van der Waals surface area contributed by atoms with Crippen LogP contribution in [-0.4, -0.2) is 17.7 Å². The Labute approximate surface area is 190 Å². The van der Waals surface area contributed by atoms with Gasteiger partial charge in [0.1, 0.15) is 0 Å². The van der Waals surface area contributed by atoms with Crippen LogP contribution in [0.15, 0.2) is 109 Å². The Morgan fingerprint density at radius 3 is 1.97 bits per heavy atom. The molecule has 4 aromatic carbocycles. The lowest BCUT2D eigenvalue weighted by Crippen LogP contribution is -2.34. The van der Waals surface area contributed by atoms with Crippen molar-refractivity contribution < 1.29 is 23.9 Å². The summed E-state index contributed by atoms with van der Waals surface area (Å²) in [6, 6.07) is 30.7. The van der Waals surface area contributed by atoms with Gasteiger partial charge < -0.3 is 9.47 Å². The summed E-state index contributed by atoms with van der Waals surface area (Å²) in [5.74, 6) is -3.42. The molecule has 0 saturated heterocycles. The molecule has 5 nitrogen and oxygen atoms in total. The first-order valence-corrected chi connectivity index (χ1v) is 10.4. The van der Waals surface area contributed by atoms with E-state index in [4.69, 9.17) is 9.47 Å². The summed E-state index contributed by atoms with van der Waals surface area (Å²) >= 11 is 0. The van der Waals surface area contributed by atoms with Gasteiger partial charge in [0, 0.05) is 16.7 Å². The molecular weight excluding hydrogens is 416 g/mol. The highest BCUT2D eigenvalue weighted by Crippen LogP contribution is 2.43. The van der Waals surface area contributed by atoms with Gasteiger partial charge in [-0.3, -0.25) is 4.79 Å². The van der Waals surface area contributed by atoms with Gasteiger partial charge >= 0.3 is 17.7 Å². The van der Waals surface area contributed by atoms with Crippen LogP contribution in [0.5, 0.6) is 0 Å². The van der Waals surface area contributed by atoms with Crippen LogP contribution >= 0.6 is 0 Å². The number of carbonyl (C=O) groups excluding carboxylic acids is 3. The molecule has 5 heteroatoms. The highest BCUT2D eigenvalue weighted by Gasteiger charge is 2.51. The zero-order chi connectivity index (χ0) is 22.8. The number of hydrogen-bond acceptors (Lipinski definition) is 5. The van der Waals surface area contributed by atoms with Crippen molar-refractivity contribution in [2.45, 2.75) is 5.79 Å². The quantitative estimate of drug-likeness (QED) is 0.321. The van der Waals surface area contributed by atoms with E-state index in [1.807, 2.05) is 12.1 Å². The van der Waals surface area contributed by atoms with Gasteiger partial charge in [0.25, 0.3) is 0 Å². The van der Waals surface area contributed by atoms with E-state index in [9.17, 15) is 14.4 Å². The van der Waals surface area contributed by atoms with Crippen molar-refractivity contribution in [3.05, 3.63) is 143 Å². The first kappa shape index (κ1) is 20.4. The largest absolute Gasteiger partial charge is 0.410 e. The Morgan fingerprint density at radius 1 is 0.667 bits per heavy atom. The van der Waals surface area contributed by atoms with Crippen molar-refractivity contribution in [2.75, 3.05) is 0 Å². The summed E-state index contributed by atoms with van der Waals surface area (Å²) < 4.78 is 11.7. The number of benzene rings is 4. The van der Waals surface area contributed by atoms with Crippen LogP contribution in [0.2, 0.25) is 0 Å². The Hall–Kier alpha value is -4.51. The standard InChI is InChI=1S/C28H18O5/c29-25(19-11-3-1-4-12-19)21-15-7-8-16-22(21)26(30)32-28(20-13-5-2-6-14-20)24-18-10-9-17-23(24)27(31)33-28/h1-18H. The van der Waals surface area contributed by atoms with Crippen molar-refractivity contribution in [1.29, 1.82) is 0 Å². The first-order chi connectivity index (χ1) is 16.1. The molecule has 5 rings (SSSR count). The van der Waals surface area contributed by atoms with Crippen molar-refractivity contribution in [1.82, 2.24) is 0 Å². The smallest absolute Gasteiger partial charge is 0.342 e. The molecule has 33 heavy (non-hydrogen) atoms. The van der Waals surface area contributed by atoms with Gasteiger partial charge in [-0.15, -0.1) is 0 Å².